The SMILES string of the molecule is Cc1ccc(C(=O)N(C)CC2CCCOC2)cc1Br. The van der Waals surface area contributed by atoms with E-state index in [2.05, 4.69) is 15.9 Å². The van der Waals surface area contributed by atoms with Gasteiger partial charge in [-0.3, -0.25) is 4.79 Å². The Labute approximate surface area is 123 Å². The molecule has 0 N–H and O–H groups in total. The minimum atomic E-state index is 0.0753. The number of nitrogens with zero attached hydrogens (tertiary/aromatic N) is 1. The fourth-order valence-electron chi connectivity index (χ4n) is 2.37. The van der Waals surface area contributed by atoms with E-state index in [0.29, 0.717) is 5.92 Å². The van der Waals surface area contributed by atoms with Crippen molar-refractivity contribution in [3.63, 3.8) is 0 Å². The van der Waals surface area contributed by atoms with Crippen LogP contribution in [0.4, 0.5) is 0 Å². The Hall–Kier alpha value is -0.870. The normalized spacial score (nSPS) is 19.2. The van der Waals surface area contributed by atoms with Crippen molar-refractivity contribution in [2.24, 2.45) is 5.92 Å². The summed E-state index contributed by atoms with van der Waals surface area (Å²) in [6.45, 7) is 4.42. The van der Waals surface area contributed by atoms with Gasteiger partial charge in [0.05, 0.1) is 6.61 Å². The molecule has 19 heavy (non-hydrogen) atoms. The van der Waals surface area contributed by atoms with E-state index in [0.717, 1.165) is 48.2 Å². The van der Waals surface area contributed by atoms with E-state index in [-0.39, 0.29) is 5.91 Å². The molecule has 104 valence electrons. The zero-order chi connectivity index (χ0) is 13.8. The molecule has 1 aromatic carbocycles. The molecule has 3 nitrogen and oxygen atoms in total. The summed E-state index contributed by atoms with van der Waals surface area (Å²) in [6, 6.07) is 5.75. The van der Waals surface area contributed by atoms with Gasteiger partial charge in [0.15, 0.2) is 0 Å². The number of ether oxygens (including phenoxy) is 1. The van der Waals surface area contributed by atoms with Crippen molar-refractivity contribution in [2.45, 2.75) is 19.8 Å². The van der Waals surface area contributed by atoms with Gasteiger partial charge in [0.25, 0.3) is 5.91 Å². The number of aryl methyl sites for hydroxylation is 1. The van der Waals surface area contributed by atoms with Gasteiger partial charge in [-0.15, -0.1) is 0 Å². The fraction of sp³-hybridized carbons (Fsp3) is 0.533. The van der Waals surface area contributed by atoms with Crippen LogP contribution < -0.4 is 0 Å². The first kappa shape index (κ1) is 14.5. The van der Waals surface area contributed by atoms with Crippen LogP contribution in [-0.2, 0) is 4.74 Å². The van der Waals surface area contributed by atoms with Crippen molar-refractivity contribution >= 4 is 21.8 Å². The predicted molar refractivity (Wildman–Crippen MR) is 79.4 cm³/mol. The van der Waals surface area contributed by atoms with Gasteiger partial charge in [0, 0.05) is 30.2 Å². The van der Waals surface area contributed by atoms with Gasteiger partial charge in [-0.25, -0.2) is 0 Å². The highest BCUT2D eigenvalue weighted by Crippen LogP contribution is 2.20. The molecular weight excluding hydrogens is 306 g/mol. The number of carbonyl (C=O) groups excluding carboxylic acids is 1. The number of amides is 1. The highest BCUT2D eigenvalue weighted by atomic mass is 79.9. The Morgan fingerprint density at radius 3 is 2.95 bits per heavy atom. The van der Waals surface area contributed by atoms with Gasteiger partial charge < -0.3 is 9.64 Å². The first-order valence-electron chi connectivity index (χ1n) is 6.67. The molecule has 1 unspecified atom stereocenters. The lowest BCUT2D eigenvalue weighted by molar-refractivity contribution is 0.0388. The summed E-state index contributed by atoms with van der Waals surface area (Å²) in [7, 11) is 1.87. The van der Waals surface area contributed by atoms with E-state index < -0.39 is 0 Å². The van der Waals surface area contributed by atoms with E-state index in [1.165, 1.54) is 0 Å². The van der Waals surface area contributed by atoms with Crippen LogP contribution in [0.1, 0.15) is 28.8 Å². The smallest absolute Gasteiger partial charge is 0.253 e. The molecule has 2 rings (SSSR count). The maximum Gasteiger partial charge on any atom is 0.253 e. The van der Waals surface area contributed by atoms with E-state index in [1.807, 2.05) is 32.2 Å². The number of benzene rings is 1. The Morgan fingerprint density at radius 2 is 2.32 bits per heavy atom. The lowest BCUT2D eigenvalue weighted by Crippen LogP contribution is -2.35. The van der Waals surface area contributed by atoms with Crippen molar-refractivity contribution in [2.75, 3.05) is 26.8 Å². The lowest BCUT2D eigenvalue weighted by atomic mass is 10.0. The molecule has 1 aromatic rings. The van der Waals surface area contributed by atoms with Crippen molar-refractivity contribution in [1.29, 1.82) is 0 Å². The van der Waals surface area contributed by atoms with Gasteiger partial charge >= 0.3 is 0 Å². The number of carbonyl (C=O) groups is 1. The third-order valence-electron chi connectivity index (χ3n) is 3.55. The molecule has 1 fully saturated rings. The highest BCUT2D eigenvalue weighted by Gasteiger charge is 2.19. The average Bonchev–Trinajstić information content (AvgIpc) is 2.42. The summed E-state index contributed by atoms with van der Waals surface area (Å²) in [4.78, 5) is 14.1. The van der Waals surface area contributed by atoms with Crippen LogP contribution in [0.5, 0.6) is 0 Å². The van der Waals surface area contributed by atoms with E-state index in [9.17, 15) is 4.79 Å². The molecule has 1 atom stereocenters. The van der Waals surface area contributed by atoms with Crippen LogP contribution in [0.3, 0.4) is 0 Å². The second kappa shape index (κ2) is 6.53. The summed E-state index contributed by atoms with van der Waals surface area (Å²) in [5, 5.41) is 0. The van der Waals surface area contributed by atoms with Crippen LogP contribution in [-0.4, -0.2) is 37.6 Å². The summed E-state index contributed by atoms with van der Waals surface area (Å²) in [5.41, 5.74) is 1.87. The Balaban J connectivity index is 1.99. The van der Waals surface area contributed by atoms with Crippen LogP contribution in [0.25, 0.3) is 0 Å². The molecule has 1 amide bonds. The Morgan fingerprint density at radius 1 is 1.53 bits per heavy atom. The lowest BCUT2D eigenvalue weighted by Gasteiger charge is -2.27. The number of halogens is 1. The minimum Gasteiger partial charge on any atom is -0.381 e. The number of hydrogen-bond acceptors (Lipinski definition) is 2. The van der Waals surface area contributed by atoms with Gasteiger partial charge in [-0.2, -0.15) is 0 Å². The molecule has 4 heteroatoms. The van der Waals surface area contributed by atoms with Crippen LogP contribution in [0.2, 0.25) is 0 Å². The van der Waals surface area contributed by atoms with Crippen LogP contribution in [0, 0.1) is 12.8 Å². The first-order chi connectivity index (χ1) is 9.08. The maximum absolute atomic E-state index is 12.3. The average molecular weight is 326 g/mol. The first-order valence-corrected chi connectivity index (χ1v) is 7.46. The van der Waals surface area contributed by atoms with E-state index in [1.54, 1.807) is 4.90 Å². The summed E-state index contributed by atoms with van der Waals surface area (Å²) < 4.78 is 6.44. The molecule has 1 saturated heterocycles. The molecule has 1 aliphatic rings. The standard InChI is InChI=1S/C15H20BrNO2/c1-11-5-6-13(8-14(11)16)15(18)17(2)9-12-4-3-7-19-10-12/h5-6,8,12H,3-4,7,9-10H2,1-2H3. The summed E-state index contributed by atoms with van der Waals surface area (Å²) >= 11 is 3.47. The van der Waals surface area contributed by atoms with Crippen molar-refractivity contribution in [1.82, 2.24) is 4.90 Å². The molecule has 0 aromatic heterocycles. The minimum absolute atomic E-state index is 0.0753. The Kier molecular flexibility index (Phi) is 4.99. The molecule has 0 bridgehead atoms. The largest absolute Gasteiger partial charge is 0.381 e. The van der Waals surface area contributed by atoms with Crippen LogP contribution in [0.15, 0.2) is 22.7 Å². The monoisotopic (exact) mass is 325 g/mol. The van der Waals surface area contributed by atoms with Gasteiger partial charge in [-0.05, 0) is 43.4 Å². The second-order valence-electron chi connectivity index (χ2n) is 5.23. The molecule has 0 saturated carbocycles. The summed E-state index contributed by atoms with van der Waals surface area (Å²) in [5.74, 6) is 0.544. The van der Waals surface area contributed by atoms with Crippen LogP contribution >= 0.6 is 15.9 Å². The number of rotatable bonds is 3. The van der Waals surface area contributed by atoms with Gasteiger partial charge in [0.1, 0.15) is 0 Å². The summed E-state index contributed by atoms with van der Waals surface area (Å²) in [6.07, 6.45) is 2.25. The third kappa shape index (κ3) is 3.80. The highest BCUT2D eigenvalue weighted by molar-refractivity contribution is 9.10. The zero-order valence-corrected chi connectivity index (χ0v) is 13.1. The molecule has 0 aliphatic carbocycles. The topological polar surface area (TPSA) is 29.5 Å². The number of hydrogen-bond donors (Lipinski definition) is 0. The Bertz CT molecular complexity index is 455. The third-order valence-corrected chi connectivity index (χ3v) is 4.41. The molecule has 0 radical (unpaired) electrons. The van der Waals surface area contributed by atoms with Crippen molar-refractivity contribution in [3.05, 3.63) is 33.8 Å². The van der Waals surface area contributed by atoms with E-state index >= 15 is 0 Å². The molecule has 1 heterocycles. The second-order valence-corrected chi connectivity index (χ2v) is 6.09. The zero-order valence-electron chi connectivity index (χ0n) is 11.5. The van der Waals surface area contributed by atoms with Gasteiger partial charge in [0.2, 0.25) is 0 Å². The predicted octanol–water partition coefficient (Wildman–Crippen LogP) is 3.26. The quantitative estimate of drug-likeness (QED) is 0.853. The molecule has 1 aliphatic heterocycles. The fourth-order valence-corrected chi connectivity index (χ4v) is 2.75. The van der Waals surface area contributed by atoms with Crippen molar-refractivity contribution in [3.8, 4) is 0 Å². The molecular formula is C15H20BrNO2. The van der Waals surface area contributed by atoms with E-state index in [4.69, 9.17) is 4.74 Å². The maximum atomic E-state index is 12.3. The van der Waals surface area contributed by atoms with Crippen molar-refractivity contribution < 1.29 is 9.53 Å². The van der Waals surface area contributed by atoms with Gasteiger partial charge in [-0.1, -0.05) is 22.0 Å². The molecule has 0 spiro atoms.